The molecule has 3 aromatic rings. The Morgan fingerprint density at radius 1 is 1.00 bits per heavy atom. The van der Waals surface area contributed by atoms with Crippen LogP contribution in [-0.2, 0) is 32.7 Å². The fraction of sp³-hybridized carbons (Fsp3) is 0.304. The lowest BCUT2D eigenvalue weighted by Gasteiger charge is -2.41. The summed E-state index contributed by atoms with van der Waals surface area (Å²) in [4.78, 5) is 51.6. The number of imidazole rings is 1. The largest absolute Gasteiger partial charge is 0.455 e. The molecular formula is C23H24N4O5. The highest BCUT2D eigenvalue weighted by Crippen LogP contribution is 2.36. The van der Waals surface area contributed by atoms with Gasteiger partial charge in [0.15, 0.2) is 6.61 Å². The summed E-state index contributed by atoms with van der Waals surface area (Å²) >= 11 is 0. The third-order valence-corrected chi connectivity index (χ3v) is 5.71. The number of esters is 1. The lowest BCUT2D eigenvalue weighted by molar-refractivity contribution is -0.148. The van der Waals surface area contributed by atoms with Crippen LogP contribution in [-0.4, -0.2) is 39.1 Å². The highest BCUT2D eigenvalue weighted by atomic mass is 16.5. The Kier molecular flexibility index (Phi) is 5.33. The molecular weight excluding hydrogens is 412 g/mol. The van der Waals surface area contributed by atoms with Gasteiger partial charge in [0.05, 0.1) is 28.8 Å². The van der Waals surface area contributed by atoms with E-state index in [0.717, 1.165) is 11.0 Å². The second-order valence-electron chi connectivity index (χ2n) is 8.15. The number of aromatic nitrogens is 2. The first-order chi connectivity index (χ1) is 15.2. The molecule has 9 heteroatoms. The molecule has 0 saturated heterocycles. The summed E-state index contributed by atoms with van der Waals surface area (Å²) in [7, 11) is 1.67. The number of aryl methyl sites for hydroxylation is 2. The van der Waals surface area contributed by atoms with E-state index in [-0.39, 0.29) is 24.6 Å². The zero-order valence-corrected chi connectivity index (χ0v) is 18.1. The summed E-state index contributed by atoms with van der Waals surface area (Å²) in [6.45, 7) is 2.89. The monoisotopic (exact) mass is 436 g/mol. The molecule has 0 aliphatic carbocycles. The Morgan fingerprint density at radius 3 is 2.41 bits per heavy atom. The molecule has 1 aromatic heterocycles. The van der Waals surface area contributed by atoms with E-state index in [1.54, 1.807) is 45.2 Å². The maximum atomic E-state index is 12.9. The number of carbonyl (C=O) groups excluding carboxylic acids is 3. The Labute approximate surface area is 184 Å². The van der Waals surface area contributed by atoms with Gasteiger partial charge >= 0.3 is 11.7 Å². The minimum atomic E-state index is -1.14. The molecule has 1 N–H and O–H groups in total. The van der Waals surface area contributed by atoms with E-state index in [0.29, 0.717) is 11.4 Å². The van der Waals surface area contributed by atoms with Gasteiger partial charge in [0.2, 0.25) is 5.91 Å². The molecule has 0 atom stereocenters. The lowest BCUT2D eigenvalue weighted by Crippen LogP contribution is -2.59. The zero-order chi connectivity index (χ0) is 23.0. The summed E-state index contributed by atoms with van der Waals surface area (Å²) in [6, 6.07) is 14.3. The molecule has 0 bridgehead atoms. The van der Waals surface area contributed by atoms with E-state index in [1.165, 1.54) is 14.0 Å². The number of amides is 2. The van der Waals surface area contributed by atoms with Gasteiger partial charge in [0, 0.05) is 13.6 Å². The maximum Gasteiger partial charge on any atom is 0.328 e. The van der Waals surface area contributed by atoms with Crippen molar-refractivity contribution in [2.45, 2.75) is 32.4 Å². The number of ether oxygens (including phenoxy) is 1. The summed E-state index contributed by atoms with van der Waals surface area (Å²) < 4.78 is 8.22. The van der Waals surface area contributed by atoms with Gasteiger partial charge in [-0.25, -0.2) is 4.79 Å². The molecule has 1 aliphatic rings. The molecule has 166 valence electrons. The SMILES string of the molecule is Cn1c(=O)n(CCC(=O)OCC(=O)N2c3ccccc3NC(=O)C2(C)C)c2ccccc21. The van der Waals surface area contributed by atoms with E-state index in [9.17, 15) is 19.2 Å². The Morgan fingerprint density at radius 2 is 1.66 bits per heavy atom. The van der Waals surface area contributed by atoms with Crippen LogP contribution in [0.4, 0.5) is 11.4 Å². The smallest absolute Gasteiger partial charge is 0.328 e. The number of anilines is 2. The topological polar surface area (TPSA) is 103 Å². The predicted octanol–water partition coefficient (Wildman–Crippen LogP) is 2.04. The first-order valence-corrected chi connectivity index (χ1v) is 10.2. The van der Waals surface area contributed by atoms with Crippen molar-refractivity contribution in [3.05, 3.63) is 59.0 Å². The molecule has 0 saturated carbocycles. The van der Waals surface area contributed by atoms with Crippen LogP contribution in [0.25, 0.3) is 11.0 Å². The zero-order valence-electron chi connectivity index (χ0n) is 18.1. The van der Waals surface area contributed by atoms with Crippen LogP contribution in [0.1, 0.15) is 20.3 Å². The second kappa shape index (κ2) is 7.99. The van der Waals surface area contributed by atoms with E-state index >= 15 is 0 Å². The second-order valence-corrected chi connectivity index (χ2v) is 8.15. The molecule has 0 spiro atoms. The number of nitrogens with one attached hydrogen (secondary N) is 1. The summed E-state index contributed by atoms with van der Waals surface area (Å²) in [5.41, 5.74) is 1.18. The van der Waals surface area contributed by atoms with Crippen molar-refractivity contribution >= 4 is 40.2 Å². The van der Waals surface area contributed by atoms with E-state index in [1.807, 2.05) is 24.3 Å². The lowest BCUT2D eigenvalue weighted by atomic mass is 9.96. The summed E-state index contributed by atoms with van der Waals surface area (Å²) in [5, 5.41) is 2.79. The van der Waals surface area contributed by atoms with Gasteiger partial charge in [0.25, 0.3) is 5.91 Å². The highest BCUT2D eigenvalue weighted by molar-refractivity contribution is 6.14. The first-order valence-electron chi connectivity index (χ1n) is 10.2. The summed E-state index contributed by atoms with van der Waals surface area (Å²) in [5.74, 6) is -1.44. The molecule has 2 amide bonds. The molecule has 0 unspecified atom stereocenters. The van der Waals surface area contributed by atoms with Gasteiger partial charge in [-0.1, -0.05) is 24.3 Å². The van der Waals surface area contributed by atoms with Crippen LogP contribution in [0, 0.1) is 0 Å². The average molecular weight is 436 g/mol. The molecule has 0 radical (unpaired) electrons. The summed E-state index contributed by atoms with van der Waals surface area (Å²) in [6.07, 6.45) is -0.0678. The number of hydrogen-bond donors (Lipinski definition) is 1. The Bertz CT molecular complexity index is 1290. The fourth-order valence-electron chi connectivity index (χ4n) is 3.96. The number of carbonyl (C=O) groups is 3. The number of benzene rings is 2. The standard InChI is InChI=1S/C23H24N4O5/c1-23(2)21(30)24-15-8-4-5-9-16(15)27(23)19(28)14-32-20(29)12-13-26-18-11-7-6-10-17(18)25(3)22(26)31/h4-11H,12-14H2,1-3H3,(H,24,30). The highest BCUT2D eigenvalue weighted by Gasteiger charge is 2.43. The van der Waals surface area contributed by atoms with Crippen LogP contribution < -0.4 is 15.9 Å². The van der Waals surface area contributed by atoms with Gasteiger partial charge < -0.3 is 10.1 Å². The normalized spacial score (nSPS) is 14.7. The molecule has 1 aliphatic heterocycles. The minimum Gasteiger partial charge on any atom is -0.455 e. The van der Waals surface area contributed by atoms with Crippen LogP contribution >= 0.6 is 0 Å². The predicted molar refractivity (Wildman–Crippen MR) is 119 cm³/mol. The van der Waals surface area contributed by atoms with Crippen molar-refractivity contribution in [1.29, 1.82) is 0 Å². The van der Waals surface area contributed by atoms with E-state index in [4.69, 9.17) is 4.74 Å². The van der Waals surface area contributed by atoms with E-state index in [2.05, 4.69) is 5.32 Å². The average Bonchev–Trinajstić information content (AvgIpc) is 3.01. The van der Waals surface area contributed by atoms with Crippen molar-refractivity contribution < 1.29 is 19.1 Å². The van der Waals surface area contributed by atoms with Crippen molar-refractivity contribution in [3.8, 4) is 0 Å². The first kappa shape index (κ1) is 21.4. The van der Waals surface area contributed by atoms with Crippen LogP contribution in [0.15, 0.2) is 53.3 Å². The molecule has 2 aromatic carbocycles. The number of para-hydroxylation sites is 4. The molecule has 9 nitrogen and oxygen atoms in total. The maximum absolute atomic E-state index is 12.9. The third-order valence-electron chi connectivity index (χ3n) is 5.71. The quantitative estimate of drug-likeness (QED) is 0.617. The van der Waals surface area contributed by atoms with Gasteiger partial charge in [-0.05, 0) is 38.1 Å². The molecule has 2 heterocycles. The third kappa shape index (κ3) is 3.55. The van der Waals surface area contributed by atoms with E-state index < -0.39 is 24.0 Å². The number of nitrogens with zero attached hydrogens (tertiary/aromatic N) is 3. The fourth-order valence-corrected chi connectivity index (χ4v) is 3.96. The number of rotatable bonds is 5. The Hall–Kier alpha value is -3.88. The van der Waals surface area contributed by atoms with Crippen LogP contribution in [0.5, 0.6) is 0 Å². The van der Waals surface area contributed by atoms with Gasteiger partial charge in [0.1, 0.15) is 5.54 Å². The van der Waals surface area contributed by atoms with Gasteiger partial charge in [-0.3, -0.25) is 28.4 Å². The van der Waals surface area contributed by atoms with Gasteiger partial charge in [-0.2, -0.15) is 0 Å². The van der Waals surface area contributed by atoms with Gasteiger partial charge in [-0.15, -0.1) is 0 Å². The Balaban J connectivity index is 1.44. The van der Waals surface area contributed by atoms with Crippen LogP contribution in [0.2, 0.25) is 0 Å². The van der Waals surface area contributed by atoms with Crippen LogP contribution in [0.3, 0.4) is 0 Å². The van der Waals surface area contributed by atoms with Crippen molar-refractivity contribution in [2.75, 3.05) is 16.8 Å². The molecule has 0 fully saturated rings. The van der Waals surface area contributed by atoms with Crippen molar-refractivity contribution in [1.82, 2.24) is 9.13 Å². The number of hydrogen-bond acceptors (Lipinski definition) is 5. The van der Waals surface area contributed by atoms with Crippen molar-refractivity contribution in [3.63, 3.8) is 0 Å². The molecule has 4 rings (SSSR count). The number of fused-ring (bicyclic) bond motifs is 2. The minimum absolute atomic E-state index is 0.0678. The van der Waals surface area contributed by atoms with Crippen molar-refractivity contribution in [2.24, 2.45) is 7.05 Å². The molecule has 32 heavy (non-hydrogen) atoms.